The van der Waals surface area contributed by atoms with E-state index in [0.29, 0.717) is 0 Å². The van der Waals surface area contributed by atoms with E-state index in [4.69, 9.17) is 4.43 Å². The molecule has 0 saturated carbocycles. The highest BCUT2D eigenvalue weighted by atomic mass is 28.4. The van der Waals surface area contributed by atoms with Crippen molar-refractivity contribution in [2.75, 3.05) is 6.61 Å². The van der Waals surface area contributed by atoms with Crippen molar-refractivity contribution in [2.24, 2.45) is 0 Å². The van der Waals surface area contributed by atoms with Crippen LogP contribution in [-0.2, 0) is 4.43 Å². The molecule has 0 fully saturated rings. The van der Waals surface area contributed by atoms with E-state index >= 15 is 0 Å². The minimum Gasteiger partial charge on any atom is -0.411 e. The van der Waals surface area contributed by atoms with Gasteiger partial charge in [0.05, 0.1) is 0 Å². The van der Waals surface area contributed by atoms with Gasteiger partial charge in [0.1, 0.15) is 0 Å². The van der Waals surface area contributed by atoms with Crippen molar-refractivity contribution in [1.29, 1.82) is 0 Å². The molecule has 0 aliphatic carbocycles. The molecule has 0 unspecified atom stereocenters. The highest BCUT2D eigenvalue weighted by molar-refractivity contribution is 6.66. The second-order valence-corrected chi connectivity index (χ2v) is 7.54. The van der Waals surface area contributed by atoms with Crippen molar-refractivity contribution < 1.29 is 9.22 Å². The van der Waals surface area contributed by atoms with Crippen LogP contribution in [0.15, 0.2) is 0 Å². The van der Waals surface area contributed by atoms with E-state index < -0.39 is 8.56 Å². The van der Waals surface area contributed by atoms with Gasteiger partial charge in [-0.15, -0.1) is 0 Å². The molecule has 0 heterocycles. The highest BCUT2D eigenvalue weighted by Crippen LogP contribution is 2.20. The van der Waals surface area contributed by atoms with Gasteiger partial charge >= 0.3 is 8.56 Å². The monoisotopic (exact) mass is 232 g/mol. The van der Waals surface area contributed by atoms with Crippen LogP contribution in [0.1, 0.15) is 59.3 Å². The molecule has 0 aliphatic rings. The summed E-state index contributed by atoms with van der Waals surface area (Å²) < 4.78 is 5.77. The molecule has 0 aromatic rings. The maximum Gasteiger partial charge on any atom is 0.335 e. The van der Waals surface area contributed by atoms with Crippen molar-refractivity contribution >= 4 is 8.56 Å². The molecular weight excluding hydrogens is 204 g/mol. The predicted octanol–water partition coefficient (Wildman–Crippen LogP) is 3.84. The number of hydrogen-bond acceptors (Lipinski definition) is 2. The van der Waals surface area contributed by atoms with Gasteiger partial charge in [-0.3, -0.25) is 0 Å². The minimum atomic E-state index is -2.33. The van der Waals surface area contributed by atoms with E-state index in [0.717, 1.165) is 57.2 Å². The van der Waals surface area contributed by atoms with Gasteiger partial charge in [0.15, 0.2) is 0 Å². The van der Waals surface area contributed by atoms with E-state index in [1.54, 1.807) is 0 Å². The van der Waals surface area contributed by atoms with Gasteiger partial charge in [-0.05, 0) is 18.5 Å². The summed E-state index contributed by atoms with van der Waals surface area (Å²) in [5.41, 5.74) is 0. The maximum absolute atomic E-state index is 10.4. The van der Waals surface area contributed by atoms with E-state index in [1.807, 2.05) is 0 Å². The summed E-state index contributed by atoms with van der Waals surface area (Å²) in [4.78, 5) is 10.4. The van der Waals surface area contributed by atoms with Crippen molar-refractivity contribution in [2.45, 2.75) is 71.4 Å². The molecule has 0 saturated heterocycles. The van der Waals surface area contributed by atoms with Gasteiger partial charge in [0.2, 0.25) is 0 Å². The third-order valence-corrected chi connectivity index (χ3v) is 5.72. The minimum absolute atomic E-state index is 0.757. The largest absolute Gasteiger partial charge is 0.411 e. The van der Waals surface area contributed by atoms with Gasteiger partial charge < -0.3 is 9.22 Å². The summed E-state index contributed by atoms with van der Waals surface area (Å²) in [6.07, 6.45) is 6.74. The van der Waals surface area contributed by atoms with E-state index in [-0.39, 0.29) is 0 Å². The lowest BCUT2D eigenvalue weighted by atomic mass is 10.4. The van der Waals surface area contributed by atoms with Crippen LogP contribution in [0.25, 0.3) is 0 Å². The topological polar surface area (TPSA) is 29.5 Å². The molecule has 0 bridgehead atoms. The number of hydrogen-bond donors (Lipinski definition) is 1. The lowest BCUT2D eigenvalue weighted by Crippen LogP contribution is -2.38. The van der Waals surface area contributed by atoms with Crippen LogP contribution >= 0.6 is 0 Å². The third kappa shape index (κ3) is 8.00. The Bertz CT molecular complexity index is 132. The Kier molecular flexibility index (Phi) is 9.45. The summed E-state index contributed by atoms with van der Waals surface area (Å²) in [5, 5.41) is 0. The lowest BCUT2D eigenvalue weighted by molar-refractivity contribution is 0.221. The quantitative estimate of drug-likeness (QED) is 0.458. The van der Waals surface area contributed by atoms with E-state index in [9.17, 15) is 4.80 Å². The molecule has 0 atom stereocenters. The first-order valence-corrected chi connectivity index (χ1v) is 8.81. The van der Waals surface area contributed by atoms with Crippen molar-refractivity contribution in [1.82, 2.24) is 0 Å². The molecular formula is C12H28O2Si. The highest BCUT2D eigenvalue weighted by Gasteiger charge is 2.31. The second-order valence-electron chi connectivity index (χ2n) is 4.36. The maximum atomic E-state index is 10.4. The molecule has 0 rings (SSSR count). The first kappa shape index (κ1) is 15.1. The van der Waals surface area contributed by atoms with Crippen LogP contribution in [0.3, 0.4) is 0 Å². The van der Waals surface area contributed by atoms with Crippen LogP contribution in [-0.4, -0.2) is 20.0 Å². The Balaban J connectivity index is 3.89. The van der Waals surface area contributed by atoms with Crippen LogP contribution in [0.2, 0.25) is 12.1 Å². The van der Waals surface area contributed by atoms with Gasteiger partial charge in [0, 0.05) is 6.61 Å². The predicted molar refractivity (Wildman–Crippen MR) is 68.3 cm³/mol. The molecule has 15 heavy (non-hydrogen) atoms. The molecule has 0 aromatic carbocycles. The van der Waals surface area contributed by atoms with E-state index in [1.165, 1.54) is 0 Å². The Morgan fingerprint density at radius 3 is 1.73 bits per heavy atom. The average molecular weight is 232 g/mol. The summed E-state index contributed by atoms with van der Waals surface area (Å²) >= 11 is 0. The summed E-state index contributed by atoms with van der Waals surface area (Å²) in [6, 6.07) is 1.85. The molecule has 1 N–H and O–H groups in total. The fourth-order valence-electron chi connectivity index (χ4n) is 1.58. The molecule has 0 radical (unpaired) electrons. The van der Waals surface area contributed by atoms with E-state index in [2.05, 4.69) is 20.8 Å². The zero-order valence-electron chi connectivity index (χ0n) is 10.7. The molecule has 92 valence electrons. The Labute approximate surface area is 96.3 Å². The average Bonchev–Trinajstić information content (AvgIpc) is 2.24. The SMILES string of the molecule is CCCCO[Si](O)(CCCC)CCCC. The third-order valence-electron chi connectivity index (χ3n) is 2.71. The first-order chi connectivity index (χ1) is 7.18. The van der Waals surface area contributed by atoms with Crippen LogP contribution in [0.5, 0.6) is 0 Å². The molecule has 3 heteroatoms. The Hall–Kier alpha value is 0.137. The van der Waals surface area contributed by atoms with Crippen LogP contribution in [0.4, 0.5) is 0 Å². The summed E-state index contributed by atoms with van der Waals surface area (Å²) in [7, 11) is -2.33. The number of rotatable bonds is 10. The first-order valence-electron chi connectivity index (χ1n) is 6.54. The summed E-state index contributed by atoms with van der Waals surface area (Å²) in [5.74, 6) is 0. The molecule has 0 spiro atoms. The molecule has 2 nitrogen and oxygen atoms in total. The lowest BCUT2D eigenvalue weighted by Gasteiger charge is -2.24. The standard InChI is InChI=1S/C12H28O2Si/c1-4-7-10-14-15(13,11-8-5-2)12-9-6-3/h13H,4-12H2,1-3H3. The van der Waals surface area contributed by atoms with Crippen molar-refractivity contribution in [3.63, 3.8) is 0 Å². The van der Waals surface area contributed by atoms with Crippen molar-refractivity contribution in [3.8, 4) is 0 Å². The molecule has 0 aromatic heterocycles. The van der Waals surface area contributed by atoms with Gasteiger partial charge in [-0.25, -0.2) is 0 Å². The smallest absolute Gasteiger partial charge is 0.335 e. The zero-order chi connectivity index (χ0) is 11.6. The van der Waals surface area contributed by atoms with Gasteiger partial charge in [0.25, 0.3) is 0 Å². The Morgan fingerprint density at radius 2 is 1.33 bits per heavy atom. The van der Waals surface area contributed by atoms with Gasteiger partial charge in [-0.2, -0.15) is 0 Å². The van der Waals surface area contributed by atoms with Crippen molar-refractivity contribution in [3.05, 3.63) is 0 Å². The zero-order valence-corrected chi connectivity index (χ0v) is 11.7. The van der Waals surface area contributed by atoms with Crippen LogP contribution < -0.4 is 0 Å². The fourth-order valence-corrected chi connectivity index (χ4v) is 4.46. The van der Waals surface area contributed by atoms with Gasteiger partial charge in [-0.1, -0.05) is 52.9 Å². The van der Waals surface area contributed by atoms with Crippen LogP contribution in [0, 0.1) is 0 Å². The molecule has 0 aliphatic heterocycles. The fraction of sp³-hybridized carbons (Fsp3) is 1.00. The molecule has 0 amide bonds. The summed E-state index contributed by atoms with van der Waals surface area (Å²) in [6.45, 7) is 7.25. The number of unbranched alkanes of at least 4 members (excludes halogenated alkanes) is 3. The Morgan fingerprint density at radius 1 is 0.867 bits per heavy atom. The second kappa shape index (κ2) is 9.37. The normalized spacial score (nSPS) is 12.0.